The first-order chi connectivity index (χ1) is 9.43. The van der Waals surface area contributed by atoms with Gasteiger partial charge in [-0.1, -0.05) is 37.9 Å². The average Bonchev–Trinajstić information content (AvgIpc) is 2.43. The molecule has 0 bridgehead atoms. The summed E-state index contributed by atoms with van der Waals surface area (Å²) < 4.78 is 0. The van der Waals surface area contributed by atoms with Crippen LogP contribution in [0.4, 0.5) is 5.69 Å². The summed E-state index contributed by atoms with van der Waals surface area (Å²) >= 11 is 5.83. The number of nitrogens with zero attached hydrogens (tertiary/aromatic N) is 2. The van der Waals surface area contributed by atoms with E-state index >= 15 is 0 Å². The van der Waals surface area contributed by atoms with Crippen molar-refractivity contribution in [2.24, 2.45) is 5.41 Å². The molecule has 110 valence electrons. The molecular weight excluding hydrogens is 276 g/mol. The predicted octanol–water partition coefficient (Wildman–Crippen LogP) is 4.26. The lowest BCUT2D eigenvalue weighted by Gasteiger charge is -2.38. The third-order valence-electron chi connectivity index (χ3n) is 4.53. The van der Waals surface area contributed by atoms with E-state index in [0.717, 1.165) is 25.2 Å². The number of hydrogen-bond donors (Lipinski definition) is 0. The van der Waals surface area contributed by atoms with Crippen LogP contribution >= 0.6 is 11.6 Å². The van der Waals surface area contributed by atoms with E-state index in [1.807, 2.05) is 6.07 Å². The topological polar surface area (TPSA) is 46.4 Å². The van der Waals surface area contributed by atoms with Gasteiger partial charge in [0.1, 0.15) is 5.02 Å². The quantitative estimate of drug-likeness (QED) is 0.616. The monoisotopic (exact) mass is 296 g/mol. The van der Waals surface area contributed by atoms with Gasteiger partial charge in [0.15, 0.2) is 0 Å². The van der Waals surface area contributed by atoms with Crippen LogP contribution in [0.25, 0.3) is 0 Å². The highest BCUT2D eigenvalue weighted by molar-refractivity contribution is 6.32. The van der Waals surface area contributed by atoms with Crippen molar-refractivity contribution in [3.8, 4) is 0 Å². The number of piperidine rings is 1. The Labute approximate surface area is 124 Å². The number of likely N-dealkylation sites (tertiary alicyclic amines) is 1. The SMILES string of the molecule is CCC1(C)CCN(Cc2ccc(Cl)c([N+](=O)[O-])c2)CC1. The maximum atomic E-state index is 10.9. The molecule has 1 aliphatic rings. The minimum absolute atomic E-state index is 0.000396. The molecular formula is C15H21ClN2O2. The highest BCUT2D eigenvalue weighted by Crippen LogP contribution is 2.34. The number of hydrogen-bond acceptors (Lipinski definition) is 3. The maximum absolute atomic E-state index is 10.9. The van der Waals surface area contributed by atoms with Crippen molar-refractivity contribution < 1.29 is 4.92 Å². The summed E-state index contributed by atoms with van der Waals surface area (Å²) in [6.45, 7) is 7.47. The van der Waals surface area contributed by atoms with E-state index in [1.54, 1.807) is 12.1 Å². The largest absolute Gasteiger partial charge is 0.299 e. The van der Waals surface area contributed by atoms with Crippen molar-refractivity contribution in [2.75, 3.05) is 13.1 Å². The molecule has 0 saturated carbocycles. The molecule has 1 aromatic rings. The van der Waals surface area contributed by atoms with E-state index in [-0.39, 0.29) is 10.7 Å². The van der Waals surface area contributed by atoms with Crippen molar-refractivity contribution in [3.63, 3.8) is 0 Å². The lowest BCUT2D eigenvalue weighted by atomic mass is 9.78. The number of nitro groups is 1. The molecule has 1 aromatic carbocycles. The molecule has 0 aliphatic carbocycles. The molecule has 0 aromatic heterocycles. The summed E-state index contributed by atoms with van der Waals surface area (Å²) in [6.07, 6.45) is 3.60. The summed E-state index contributed by atoms with van der Waals surface area (Å²) in [5, 5.41) is 11.1. The molecule has 1 saturated heterocycles. The van der Waals surface area contributed by atoms with Crippen LogP contribution in [-0.2, 0) is 6.54 Å². The Kier molecular flexibility index (Phi) is 4.66. The second-order valence-electron chi connectivity index (χ2n) is 5.98. The minimum Gasteiger partial charge on any atom is -0.299 e. The van der Waals surface area contributed by atoms with E-state index in [1.165, 1.54) is 19.3 Å². The van der Waals surface area contributed by atoms with Crippen LogP contribution in [0.5, 0.6) is 0 Å². The maximum Gasteiger partial charge on any atom is 0.288 e. The minimum atomic E-state index is -0.420. The van der Waals surface area contributed by atoms with Gasteiger partial charge in [0.2, 0.25) is 0 Å². The molecule has 5 heteroatoms. The van der Waals surface area contributed by atoms with Gasteiger partial charge < -0.3 is 0 Å². The molecule has 1 fully saturated rings. The second kappa shape index (κ2) is 6.10. The van der Waals surface area contributed by atoms with E-state index in [2.05, 4.69) is 18.7 Å². The molecule has 0 atom stereocenters. The van der Waals surface area contributed by atoms with Crippen LogP contribution < -0.4 is 0 Å². The summed E-state index contributed by atoms with van der Waals surface area (Å²) in [4.78, 5) is 12.8. The van der Waals surface area contributed by atoms with Crippen LogP contribution in [0.2, 0.25) is 5.02 Å². The first-order valence-corrected chi connectivity index (χ1v) is 7.46. The normalized spacial score (nSPS) is 18.9. The van der Waals surface area contributed by atoms with Gasteiger partial charge in [0.25, 0.3) is 5.69 Å². The molecule has 1 aliphatic heterocycles. The van der Waals surface area contributed by atoms with Crippen LogP contribution in [0.15, 0.2) is 18.2 Å². The Hall–Kier alpha value is -1.13. The van der Waals surface area contributed by atoms with Gasteiger partial charge in [-0.25, -0.2) is 0 Å². The highest BCUT2D eigenvalue weighted by Gasteiger charge is 2.28. The summed E-state index contributed by atoms with van der Waals surface area (Å²) in [5.41, 5.74) is 1.42. The number of nitro benzene ring substituents is 1. The lowest BCUT2D eigenvalue weighted by Crippen LogP contribution is -2.37. The second-order valence-corrected chi connectivity index (χ2v) is 6.39. The highest BCUT2D eigenvalue weighted by atomic mass is 35.5. The third-order valence-corrected chi connectivity index (χ3v) is 4.85. The van der Waals surface area contributed by atoms with Gasteiger partial charge >= 0.3 is 0 Å². The molecule has 0 amide bonds. The first kappa shape index (κ1) is 15.3. The van der Waals surface area contributed by atoms with E-state index in [0.29, 0.717) is 5.41 Å². The summed E-state index contributed by atoms with van der Waals surface area (Å²) in [5.74, 6) is 0. The predicted molar refractivity (Wildman–Crippen MR) is 81.0 cm³/mol. The zero-order chi connectivity index (χ0) is 14.8. The fourth-order valence-electron chi connectivity index (χ4n) is 2.66. The average molecular weight is 297 g/mol. The summed E-state index contributed by atoms with van der Waals surface area (Å²) in [6, 6.07) is 5.09. The zero-order valence-corrected chi connectivity index (χ0v) is 12.8. The van der Waals surface area contributed by atoms with E-state index < -0.39 is 4.92 Å². The zero-order valence-electron chi connectivity index (χ0n) is 12.1. The van der Waals surface area contributed by atoms with Crippen LogP contribution in [-0.4, -0.2) is 22.9 Å². The fraction of sp³-hybridized carbons (Fsp3) is 0.600. The molecule has 0 unspecified atom stereocenters. The van der Waals surface area contributed by atoms with Crippen molar-refractivity contribution in [1.29, 1.82) is 0 Å². The van der Waals surface area contributed by atoms with Gasteiger partial charge in [-0.3, -0.25) is 15.0 Å². The Bertz CT molecular complexity index is 497. The van der Waals surface area contributed by atoms with Crippen LogP contribution in [0.1, 0.15) is 38.7 Å². The third kappa shape index (κ3) is 3.49. The van der Waals surface area contributed by atoms with Gasteiger partial charge in [-0.15, -0.1) is 0 Å². The Balaban J connectivity index is 2.01. The van der Waals surface area contributed by atoms with Crippen molar-refractivity contribution in [1.82, 2.24) is 4.90 Å². The number of rotatable bonds is 4. The fourth-order valence-corrected chi connectivity index (χ4v) is 2.85. The molecule has 2 rings (SSSR count). The van der Waals surface area contributed by atoms with Crippen molar-refractivity contribution >= 4 is 17.3 Å². The molecule has 4 nitrogen and oxygen atoms in total. The first-order valence-electron chi connectivity index (χ1n) is 7.09. The van der Waals surface area contributed by atoms with Gasteiger partial charge in [0.05, 0.1) is 4.92 Å². The summed E-state index contributed by atoms with van der Waals surface area (Å²) in [7, 11) is 0. The van der Waals surface area contributed by atoms with Gasteiger partial charge in [-0.05, 0) is 43.0 Å². The van der Waals surface area contributed by atoms with Crippen LogP contribution in [0, 0.1) is 15.5 Å². The van der Waals surface area contributed by atoms with Crippen molar-refractivity contribution in [3.05, 3.63) is 38.9 Å². The Morgan fingerprint density at radius 3 is 2.60 bits per heavy atom. The molecule has 0 N–H and O–H groups in total. The number of benzene rings is 1. The van der Waals surface area contributed by atoms with Gasteiger partial charge in [0, 0.05) is 12.6 Å². The molecule has 0 spiro atoms. The Morgan fingerprint density at radius 2 is 2.05 bits per heavy atom. The standard InChI is InChI=1S/C15H21ClN2O2/c1-3-15(2)6-8-17(9-7-15)11-12-4-5-13(16)14(10-12)18(19)20/h4-5,10H,3,6-9,11H2,1-2H3. The Morgan fingerprint density at radius 1 is 1.40 bits per heavy atom. The number of halogens is 1. The molecule has 20 heavy (non-hydrogen) atoms. The van der Waals surface area contributed by atoms with Crippen molar-refractivity contribution in [2.45, 2.75) is 39.7 Å². The molecule has 0 radical (unpaired) electrons. The molecule has 1 heterocycles. The smallest absolute Gasteiger partial charge is 0.288 e. The van der Waals surface area contributed by atoms with E-state index in [9.17, 15) is 10.1 Å². The van der Waals surface area contributed by atoms with E-state index in [4.69, 9.17) is 11.6 Å². The lowest BCUT2D eigenvalue weighted by molar-refractivity contribution is -0.384. The van der Waals surface area contributed by atoms with Crippen LogP contribution in [0.3, 0.4) is 0 Å². The van der Waals surface area contributed by atoms with Gasteiger partial charge in [-0.2, -0.15) is 0 Å².